The quantitative estimate of drug-likeness (QED) is 0.428. The number of amides is 2. The predicted molar refractivity (Wildman–Crippen MR) is 84.0 cm³/mol. The number of halogens is 1. The van der Waals surface area contributed by atoms with Crippen LogP contribution in [0.15, 0.2) is 36.4 Å². The van der Waals surface area contributed by atoms with E-state index in [0.29, 0.717) is 5.69 Å². The Bertz CT molecular complexity index is 651. The summed E-state index contributed by atoms with van der Waals surface area (Å²) >= 11 is 2.22. The van der Waals surface area contributed by atoms with Crippen molar-refractivity contribution < 1.29 is 9.59 Å². The van der Waals surface area contributed by atoms with Crippen molar-refractivity contribution in [2.24, 2.45) is 23.2 Å². The highest BCUT2D eigenvalue weighted by atomic mass is 127. The number of carbonyl (C=O) groups is 2. The lowest BCUT2D eigenvalue weighted by Gasteiger charge is -2.28. The molecular formula is C16H14INO2. The van der Waals surface area contributed by atoms with Crippen LogP contribution < -0.4 is 4.90 Å². The van der Waals surface area contributed by atoms with Gasteiger partial charge in [-0.2, -0.15) is 0 Å². The molecule has 0 unspecified atom stereocenters. The lowest BCUT2D eigenvalue weighted by atomic mass is 9.71. The van der Waals surface area contributed by atoms with Crippen LogP contribution in [-0.4, -0.2) is 11.8 Å². The van der Waals surface area contributed by atoms with E-state index in [1.807, 2.05) is 31.2 Å². The maximum absolute atomic E-state index is 12.9. The van der Waals surface area contributed by atoms with Crippen LogP contribution in [0.25, 0.3) is 0 Å². The van der Waals surface area contributed by atoms with Gasteiger partial charge >= 0.3 is 0 Å². The van der Waals surface area contributed by atoms with Crippen molar-refractivity contribution in [1.82, 2.24) is 0 Å². The Labute approximate surface area is 131 Å². The minimum absolute atomic E-state index is 0.0180. The zero-order valence-corrected chi connectivity index (χ0v) is 13.2. The van der Waals surface area contributed by atoms with Crippen molar-refractivity contribution in [2.45, 2.75) is 13.3 Å². The van der Waals surface area contributed by atoms with Gasteiger partial charge in [0.1, 0.15) is 0 Å². The third kappa shape index (κ3) is 1.35. The van der Waals surface area contributed by atoms with E-state index in [1.165, 1.54) is 4.90 Å². The molecule has 3 nitrogen and oxygen atoms in total. The lowest BCUT2D eigenvalue weighted by Crippen LogP contribution is -2.37. The minimum atomic E-state index is -0.528. The minimum Gasteiger partial charge on any atom is -0.274 e. The Balaban J connectivity index is 1.80. The standard InChI is InChI=1S/C16H14INO2/c1-16-10-3-2-9(8-10)13(16)14(19)18(15(16)20)12-6-4-11(17)5-7-12/h2-7,9-10,13H,8H2,1H3/t9-,10-,13+,16-/m1/s1. The van der Waals surface area contributed by atoms with Crippen molar-refractivity contribution in [3.05, 3.63) is 40.0 Å². The molecule has 1 heterocycles. The molecular weight excluding hydrogens is 365 g/mol. The summed E-state index contributed by atoms with van der Waals surface area (Å²) in [6.07, 6.45) is 5.21. The van der Waals surface area contributed by atoms with Gasteiger partial charge in [-0.05, 0) is 72.0 Å². The smallest absolute Gasteiger partial charge is 0.241 e. The van der Waals surface area contributed by atoms with Crippen LogP contribution in [0.2, 0.25) is 0 Å². The monoisotopic (exact) mass is 379 g/mol. The molecule has 1 saturated heterocycles. The maximum Gasteiger partial charge on any atom is 0.241 e. The van der Waals surface area contributed by atoms with E-state index in [2.05, 4.69) is 34.7 Å². The average molecular weight is 379 g/mol. The second-order valence-electron chi connectivity index (χ2n) is 6.11. The van der Waals surface area contributed by atoms with E-state index in [9.17, 15) is 9.59 Å². The number of rotatable bonds is 1. The third-order valence-electron chi connectivity index (χ3n) is 5.20. The van der Waals surface area contributed by atoms with E-state index in [1.54, 1.807) is 0 Å². The Morgan fingerprint density at radius 1 is 1.20 bits per heavy atom. The summed E-state index contributed by atoms with van der Waals surface area (Å²) in [5.41, 5.74) is 0.176. The zero-order chi connectivity index (χ0) is 14.1. The second kappa shape index (κ2) is 3.93. The topological polar surface area (TPSA) is 37.4 Å². The molecule has 2 aliphatic carbocycles. The van der Waals surface area contributed by atoms with Crippen molar-refractivity contribution in [3.8, 4) is 0 Å². The lowest BCUT2D eigenvalue weighted by molar-refractivity contribution is -0.127. The highest BCUT2D eigenvalue weighted by Gasteiger charge is 2.67. The zero-order valence-electron chi connectivity index (χ0n) is 11.0. The number of hydrogen-bond acceptors (Lipinski definition) is 2. The van der Waals surface area contributed by atoms with Gasteiger partial charge in [-0.1, -0.05) is 12.2 Å². The number of hydrogen-bond donors (Lipinski definition) is 0. The van der Waals surface area contributed by atoms with Crippen LogP contribution in [0, 0.1) is 26.7 Å². The Kier molecular flexibility index (Phi) is 2.47. The highest BCUT2D eigenvalue weighted by molar-refractivity contribution is 14.1. The highest BCUT2D eigenvalue weighted by Crippen LogP contribution is 2.60. The number of benzene rings is 1. The van der Waals surface area contributed by atoms with Gasteiger partial charge in [-0.3, -0.25) is 9.59 Å². The molecule has 102 valence electrons. The number of imide groups is 1. The SMILES string of the molecule is C[C@]12C(=O)N(c3ccc(I)cc3)C(=O)[C@@H]1[C@@H]1C=C[C@@H]2C1. The van der Waals surface area contributed by atoms with Crippen LogP contribution in [0.4, 0.5) is 5.69 Å². The first-order valence-corrected chi connectivity index (χ1v) is 7.93. The molecule has 3 aliphatic rings. The summed E-state index contributed by atoms with van der Waals surface area (Å²) in [6, 6.07) is 7.58. The molecule has 0 aromatic heterocycles. The number of fused-ring (bicyclic) bond motifs is 5. The molecule has 1 saturated carbocycles. The van der Waals surface area contributed by atoms with Gasteiger partial charge in [0.05, 0.1) is 17.0 Å². The molecule has 2 bridgehead atoms. The molecule has 1 aromatic carbocycles. The molecule has 2 amide bonds. The first-order valence-electron chi connectivity index (χ1n) is 6.86. The summed E-state index contributed by atoms with van der Waals surface area (Å²) in [5.74, 6) is 0.267. The van der Waals surface area contributed by atoms with Crippen LogP contribution in [0.5, 0.6) is 0 Å². The van der Waals surface area contributed by atoms with Gasteiger partial charge in [0, 0.05) is 3.57 Å². The fourth-order valence-corrected chi connectivity index (χ4v) is 4.50. The van der Waals surface area contributed by atoms with Crippen LogP contribution in [-0.2, 0) is 9.59 Å². The van der Waals surface area contributed by atoms with Crippen molar-refractivity contribution in [1.29, 1.82) is 0 Å². The number of anilines is 1. The van der Waals surface area contributed by atoms with Gasteiger partial charge < -0.3 is 0 Å². The number of carbonyl (C=O) groups excluding carboxylic acids is 2. The molecule has 4 heteroatoms. The average Bonchev–Trinajstić information content (AvgIpc) is 3.05. The van der Waals surface area contributed by atoms with Crippen LogP contribution in [0.3, 0.4) is 0 Å². The first-order chi connectivity index (χ1) is 9.53. The largest absolute Gasteiger partial charge is 0.274 e. The summed E-state index contributed by atoms with van der Waals surface area (Å²) in [7, 11) is 0. The van der Waals surface area contributed by atoms with E-state index in [4.69, 9.17) is 0 Å². The molecule has 4 atom stereocenters. The van der Waals surface area contributed by atoms with Crippen LogP contribution in [0.1, 0.15) is 13.3 Å². The van der Waals surface area contributed by atoms with Gasteiger partial charge in [-0.15, -0.1) is 0 Å². The van der Waals surface area contributed by atoms with Crippen molar-refractivity contribution >= 4 is 40.1 Å². The van der Waals surface area contributed by atoms with Gasteiger partial charge in [0.15, 0.2) is 0 Å². The Hall–Kier alpha value is -1.17. The van der Waals surface area contributed by atoms with Crippen LogP contribution >= 0.6 is 22.6 Å². The fourth-order valence-electron chi connectivity index (χ4n) is 4.14. The molecule has 0 spiro atoms. The Morgan fingerprint density at radius 3 is 2.55 bits per heavy atom. The number of nitrogens with zero attached hydrogens (tertiary/aromatic N) is 1. The molecule has 20 heavy (non-hydrogen) atoms. The molecule has 1 aromatic rings. The van der Waals surface area contributed by atoms with Gasteiger partial charge in [-0.25, -0.2) is 4.90 Å². The summed E-state index contributed by atoms with van der Waals surface area (Å²) in [5, 5.41) is 0. The third-order valence-corrected chi connectivity index (χ3v) is 5.92. The normalized spacial score (nSPS) is 37.9. The fraction of sp³-hybridized carbons (Fsp3) is 0.375. The maximum atomic E-state index is 12.9. The predicted octanol–water partition coefficient (Wildman–Crippen LogP) is 2.99. The second-order valence-corrected chi connectivity index (χ2v) is 7.35. The molecule has 0 N–H and O–H groups in total. The Morgan fingerprint density at radius 2 is 1.90 bits per heavy atom. The van der Waals surface area contributed by atoms with E-state index >= 15 is 0 Å². The summed E-state index contributed by atoms with van der Waals surface area (Å²) < 4.78 is 1.10. The van der Waals surface area contributed by atoms with E-state index < -0.39 is 5.41 Å². The van der Waals surface area contributed by atoms with Gasteiger partial charge in [0.2, 0.25) is 11.8 Å². The molecule has 4 rings (SSSR count). The molecule has 2 fully saturated rings. The number of allylic oxidation sites excluding steroid dienone is 2. The molecule has 0 radical (unpaired) electrons. The van der Waals surface area contributed by atoms with Crippen molar-refractivity contribution in [3.63, 3.8) is 0 Å². The van der Waals surface area contributed by atoms with E-state index in [-0.39, 0.29) is 29.6 Å². The summed E-state index contributed by atoms with van der Waals surface area (Å²) in [6.45, 7) is 1.97. The summed E-state index contributed by atoms with van der Waals surface area (Å²) in [4.78, 5) is 27.0. The van der Waals surface area contributed by atoms with E-state index in [0.717, 1.165) is 9.99 Å². The molecule has 1 aliphatic heterocycles. The first kappa shape index (κ1) is 12.6. The van der Waals surface area contributed by atoms with Gasteiger partial charge in [0.25, 0.3) is 0 Å². The van der Waals surface area contributed by atoms with Crippen molar-refractivity contribution in [2.75, 3.05) is 4.90 Å².